The van der Waals surface area contributed by atoms with Crippen LogP contribution in [0.4, 0.5) is 4.39 Å². The highest BCUT2D eigenvalue weighted by atomic mass is 32.2. The second-order valence-corrected chi connectivity index (χ2v) is 6.86. The number of methoxy groups -OCH3 is 3. The summed E-state index contributed by atoms with van der Waals surface area (Å²) in [5.74, 6) is -1.42. The molecule has 1 aliphatic rings. The molecule has 0 spiro atoms. The Kier molecular flexibility index (Phi) is 5.23. The number of carbonyl (C=O) groups is 1. The topological polar surface area (TPSA) is 82.1 Å². The lowest BCUT2D eigenvalue weighted by Gasteiger charge is -2.22. The summed E-state index contributed by atoms with van der Waals surface area (Å²) in [4.78, 5) is 11.6. The number of rotatable bonds is 5. The SMILES string of the molecule is COC(=O)[C@@H]1C[C@H](OC)CN1S(=O)(=O)c1cc(F)ccc1OC. The lowest BCUT2D eigenvalue weighted by molar-refractivity contribution is -0.144. The molecule has 0 saturated carbocycles. The van der Waals surface area contributed by atoms with E-state index in [9.17, 15) is 17.6 Å². The van der Waals surface area contributed by atoms with Gasteiger partial charge in [0.05, 0.1) is 20.3 Å². The molecule has 1 heterocycles. The Balaban J connectivity index is 2.49. The molecule has 1 aromatic rings. The van der Waals surface area contributed by atoms with Gasteiger partial charge in [0.25, 0.3) is 0 Å². The van der Waals surface area contributed by atoms with Gasteiger partial charge in [-0.15, -0.1) is 0 Å². The average Bonchev–Trinajstić information content (AvgIpc) is 2.99. The zero-order valence-electron chi connectivity index (χ0n) is 13.0. The number of benzene rings is 1. The molecule has 128 valence electrons. The van der Waals surface area contributed by atoms with Crippen molar-refractivity contribution in [1.82, 2.24) is 4.31 Å². The minimum absolute atomic E-state index is 0.00381. The molecule has 0 aromatic heterocycles. The number of hydrogen-bond acceptors (Lipinski definition) is 6. The molecule has 1 aromatic carbocycles. The highest BCUT2D eigenvalue weighted by molar-refractivity contribution is 7.89. The van der Waals surface area contributed by atoms with E-state index in [1.165, 1.54) is 27.4 Å². The molecule has 2 rings (SSSR count). The van der Waals surface area contributed by atoms with Crippen molar-refractivity contribution in [3.63, 3.8) is 0 Å². The third kappa shape index (κ3) is 3.31. The predicted molar refractivity (Wildman–Crippen MR) is 78.1 cm³/mol. The molecular weight excluding hydrogens is 329 g/mol. The van der Waals surface area contributed by atoms with E-state index in [1.54, 1.807) is 0 Å². The zero-order valence-corrected chi connectivity index (χ0v) is 13.8. The summed E-state index contributed by atoms with van der Waals surface area (Å²) in [6, 6.07) is 2.15. The van der Waals surface area contributed by atoms with Crippen molar-refractivity contribution in [2.45, 2.75) is 23.5 Å². The fourth-order valence-electron chi connectivity index (χ4n) is 2.53. The zero-order chi connectivity index (χ0) is 17.2. The maximum absolute atomic E-state index is 13.5. The van der Waals surface area contributed by atoms with Crippen LogP contribution < -0.4 is 4.74 Å². The molecule has 0 unspecified atom stereocenters. The first-order valence-corrected chi connectivity index (χ1v) is 8.25. The standard InChI is InChI=1S/C14H18FNO6S/c1-20-10-7-11(14(17)22-3)16(8-10)23(18,19)13-6-9(15)4-5-12(13)21-2/h4-6,10-11H,7-8H2,1-3H3/t10-,11-/m0/s1. The molecule has 1 saturated heterocycles. The summed E-state index contributed by atoms with van der Waals surface area (Å²) in [6.07, 6.45) is -0.284. The van der Waals surface area contributed by atoms with E-state index < -0.39 is 34.0 Å². The van der Waals surface area contributed by atoms with Crippen molar-refractivity contribution < 1.29 is 31.8 Å². The molecule has 9 heteroatoms. The van der Waals surface area contributed by atoms with Crippen molar-refractivity contribution in [3.8, 4) is 5.75 Å². The molecule has 0 radical (unpaired) electrons. The molecule has 2 atom stereocenters. The average molecular weight is 347 g/mol. The van der Waals surface area contributed by atoms with Crippen LogP contribution in [-0.2, 0) is 24.3 Å². The first-order chi connectivity index (χ1) is 10.8. The van der Waals surface area contributed by atoms with Crippen LogP contribution in [0.5, 0.6) is 5.75 Å². The Bertz CT molecular complexity index is 693. The molecule has 23 heavy (non-hydrogen) atoms. The normalized spacial score (nSPS) is 22.1. The van der Waals surface area contributed by atoms with Crippen molar-refractivity contribution in [2.75, 3.05) is 27.9 Å². The van der Waals surface area contributed by atoms with Crippen LogP contribution >= 0.6 is 0 Å². The lowest BCUT2D eigenvalue weighted by atomic mass is 10.2. The van der Waals surface area contributed by atoms with Gasteiger partial charge in [-0.1, -0.05) is 0 Å². The van der Waals surface area contributed by atoms with Crippen LogP contribution in [0.1, 0.15) is 6.42 Å². The van der Waals surface area contributed by atoms with Gasteiger partial charge in [-0.25, -0.2) is 12.8 Å². The molecule has 7 nitrogen and oxygen atoms in total. The largest absolute Gasteiger partial charge is 0.495 e. The van der Waals surface area contributed by atoms with E-state index in [0.717, 1.165) is 16.4 Å². The van der Waals surface area contributed by atoms with E-state index in [1.807, 2.05) is 0 Å². The Labute approximate surface area is 134 Å². The number of carbonyl (C=O) groups excluding carboxylic acids is 1. The Morgan fingerprint density at radius 3 is 2.57 bits per heavy atom. The number of nitrogens with zero attached hydrogens (tertiary/aromatic N) is 1. The van der Waals surface area contributed by atoms with Gasteiger partial charge in [-0.2, -0.15) is 4.31 Å². The second kappa shape index (κ2) is 6.81. The van der Waals surface area contributed by atoms with Crippen LogP contribution in [0, 0.1) is 5.82 Å². The Morgan fingerprint density at radius 2 is 2.00 bits per heavy atom. The summed E-state index contributed by atoms with van der Waals surface area (Å²) in [5, 5.41) is 0. The summed E-state index contributed by atoms with van der Waals surface area (Å²) in [5.41, 5.74) is 0. The fraction of sp³-hybridized carbons (Fsp3) is 0.500. The fourth-order valence-corrected chi connectivity index (χ4v) is 4.32. The highest BCUT2D eigenvalue weighted by Crippen LogP contribution is 2.33. The van der Waals surface area contributed by atoms with Crippen LogP contribution in [0.25, 0.3) is 0 Å². The lowest BCUT2D eigenvalue weighted by Crippen LogP contribution is -2.41. The van der Waals surface area contributed by atoms with Gasteiger partial charge in [-0.05, 0) is 18.2 Å². The molecule has 1 fully saturated rings. The number of hydrogen-bond donors (Lipinski definition) is 0. The molecule has 1 aliphatic heterocycles. The Morgan fingerprint density at radius 1 is 1.30 bits per heavy atom. The molecule has 0 bridgehead atoms. The van der Waals surface area contributed by atoms with Crippen LogP contribution in [0.2, 0.25) is 0 Å². The number of halogens is 1. The van der Waals surface area contributed by atoms with Crippen molar-refractivity contribution in [3.05, 3.63) is 24.0 Å². The first-order valence-electron chi connectivity index (χ1n) is 6.81. The monoisotopic (exact) mass is 347 g/mol. The summed E-state index contributed by atoms with van der Waals surface area (Å²) < 4.78 is 55.0. The first kappa shape index (κ1) is 17.6. The smallest absolute Gasteiger partial charge is 0.324 e. The third-order valence-corrected chi connectivity index (χ3v) is 5.63. The quantitative estimate of drug-likeness (QED) is 0.733. The molecule has 0 aliphatic carbocycles. The van der Waals surface area contributed by atoms with Crippen LogP contribution in [0.15, 0.2) is 23.1 Å². The van der Waals surface area contributed by atoms with E-state index in [0.29, 0.717) is 0 Å². The highest BCUT2D eigenvalue weighted by Gasteiger charge is 2.45. The maximum Gasteiger partial charge on any atom is 0.324 e. The number of esters is 1. The molecule has 0 amide bonds. The Hall–Kier alpha value is -1.71. The van der Waals surface area contributed by atoms with E-state index in [4.69, 9.17) is 9.47 Å². The summed E-state index contributed by atoms with van der Waals surface area (Å²) in [7, 11) is -0.275. The van der Waals surface area contributed by atoms with Crippen molar-refractivity contribution in [1.29, 1.82) is 0 Å². The molecular formula is C14H18FNO6S. The second-order valence-electron chi connectivity index (χ2n) is 5.00. The predicted octanol–water partition coefficient (Wildman–Crippen LogP) is 0.785. The summed E-state index contributed by atoms with van der Waals surface area (Å²) >= 11 is 0. The van der Waals surface area contributed by atoms with Gasteiger partial charge in [0.15, 0.2) is 0 Å². The summed E-state index contributed by atoms with van der Waals surface area (Å²) in [6.45, 7) is -0.0295. The van der Waals surface area contributed by atoms with Gasteiger partial charge < -0.3 is 14.2 Å². The van der Waals surface area contributed by atoms with Gasteiger partial charge in [0.2, 0.25) is 10.0 Å². The number of ether oxygens (including phenoxy) is 3. The van der Waals surface area contributed by atoms with E-state index >= 15 is 0 Å². The van der Waals surface area contributed by atoms with Crippen LogP contribution in [-0.4, -0.2) is 58.7 Å². The minimum atomic E-state index is -4.16. The van der Waals surface area contributed by atoms with Gasteiger partial charge >= 0.3 is 5.97 Å². The molecule has 0 N–H and O–H groups in total. The number of sulfonamides is 1. The van der Waals surface area contributed by atoms with Gasteiger partial charge in [0.1, 0.15) is 22.5 Å². The van der Waals surface area contributed by atoms with E-state index in [2.05, 4.69) is 4.74 Å². The van der Waals surface area contributed by atoms with Crippen molar-refractivity contribution >= 4 is 16.0 Å². The van der Waals surface area contributed by atoms with Crippen LogP contribution in [0.3, 0.4) is 0 Å². The van der Waals surface area contributed by atoms with Gasteiger partial charge in [-0.3, -0.25) is 4.79 Å². The maximum atomic E-state index is 13.5. The third-order valence-electron chi connectivity index (χ3n) is 3.74. The minimum Gasteiger partial charge on any atom is -0.495 e. The van der Waals surface area contributed by atoms with Crippen molar-refractivity contribution in [2.24, 2.45) is 0 Å². The van der Waals surface area contributed by atoms with Gasteiger partial charge in [0, 0.05) is 20.1 Å². The van der Waals surface area contributed by atoms with E-state index in [-0.39, 0.29) is 23.6 Å².